The van der Waals surface area contributed by atoms with Crippen LogP contribution < -0.4 is 53.1 Å². The number of fused-ring (bicyclic) bond motifs is 6. The average Bonchev–Trinajstić information content (AvgIpc) is 0.843. The lowest BCUT2D eigenvalue weighted by Crippen LogP contribution is -2.51. The molecule has 6 atom stereocenters. The summed E-state index contributed by atoms with van der Waals surface area (Å²) in [5.74, 6) is 1.26. The topological polar surface area (TPSA) is 381 Å². The minimum atomic E-state index is -0.273. The van der Waals surface area contributed by atoms with Crippen molar-refractivity contribution in [3.8, 4) is 17.2 Å². The van der Waals surface area contributed by atoms with Crippen molar-refractivity contribution < 1.29 is 85.7 Å². The normalized spacial score (nSPS) is 22.6. The summed E-state index contributed by atoms with van der Waals surface area (Å²) in [4.78, 5) is 99.6. The van der Waals surface area contributed by atoms with Gasteiger partial charge < -0.3 is 91.0 Å². The van der Waals surface area contributed by atoms with Crippen LogP contribution in [-0.2, 0) is 57.1 Å². The van der Waals surface area contributed by atoms with Crippen molar-refractivity contribution in [3.63, 3.8) is 0 Å². The Hall–Kier alpha value is -6.82. The summed E-state index contributed by atoms with van der Waals surface area (Å²) < 4.78 is 61.1. The first-order chi connectivity index (χ1) is 59.5. The number of esters is 4. The van der Waals surface area contributed by atoms with Crippen LogP contribution in [0.15, 0.2) is 36.4 Å². The van der Waals surface area contributed by atoms with Crippen LogP contribution in [0.4, 0.5) is 17.1 Å². The van der Waals surface area contributed by atoms with E-state index in [2.05, 4.69) is 45.3 Å². The van der Waals surface area contributed by atoms with Crippen molar-refractivity contribution in [1.82, 2.24) is 45.3 Å². The van der Waals surface area contributed by atoms with E-state index in [4.69, 9.17) is 110 Å². The first kappa shape index (κ1) is 102. The molecule has 10 fully saturated rings. The number of rotatable bonds is 44. The molecule has 3 amide bonds. The monoisotopic (exact) mass is 1790 g/mol. The molecule has 31 nitrogen and oxygen atoms in total. The number of amides is 3. The Kier molecular flexibility index (Phi) is 46.6. The molecule has 3 aromatic carbocycles. The minimum absolute atomic E-state index is 0.0455. The number of unbranched alkanes of at least 4 members (excludes halogenated alkanes) is 8. The number of hydrogen-bond donors (Lipinski definition) is 7. The number of anilines is 3. The van der Waals surface area contributed by atoms with Crippen molar-refractivity contribution in [2.24, 2.45) is 17.6 Å². The van der Waals surface area contributed by atoms with Crippen LogP contribution >= 0.6 is 34.8 Å². The van der Waals surface area contributed by atoms with Crippen LogP contribution in [0, 0.1) is 11.8 Å². The maximum atomic E-state index is 12.8. The highest BCUT2D eigenvalue weighted by molar-refractivity contribution is 6.34. The lowest BCUT2D eigenvalue weighted by molar-refractivity contribution is -0.159. The van der Waals surface area contributed by atoms with Crippen molar-refractivity contribution >= 4 is 93.5 Å². The SMILES string of the molecule is CCOC(=O)CCCCCN1CCO[C@@H](CN)C1.CCOC(=O)CCCCCN1CCO[C@@H](CNC(=O)c2cc(Cl)c(N)cc2OCC)C1.CCOc1cc(N)c(Cl)cc1C(=O)NC[C@H]1CN(CCCCCC(=O)OC2CN3CCC2CC3)CCO1.CCOc1cc(N)c(Cl)cc1C(=O)NC[C@H]1CN(CCCCCC(=O)O[C@H]2CN3CCC2CC3)CCO1. The van der Waals surface area contributed by atoms with Crippen molar-refractivity contribution in [3.05, 3.63) is 68.2 Å². The highest BCUT2D eigenvalue weighted by Crippen LogP contribution is 2.35. The Labute approximate surface area is 743 Å². The first-order valence-electron chi connectivity index (χ1n) is 45.3. The number of ether oxygens (including phenoxy) is 11. The van der Waals surface area contributed by atoms with Gasteiger partial charge in [0.05, 0.1) is 133 Å². The second-order valence-corrected chi connectivity index (χ2v) is 33.9. The highest BCUT2D eigenvalue weighted by Gasteiger charge is 2.38. The van der Waals surface area contributed by atoms with Gasteiger partial charge in [-0.15, -0.1) is 0 Å². The number of piperidine rings is 6. The molecule has 10 aliphatic rings. The summed E-state index contributed by atoms with van der Waals surface area (Å²) in [6.45, 7) is 33.0. The van der Waals surface area contributed by atoms with Gasteiger partial charge in [-0.1, -0.05) is 60.5 Å². The summed E-state index contributed by atoms with van der Waals surface area (Å²) in [7, 11) is 0. The van der Waals surface area contributed by atoms with E-state index in [1.165, 1.54) is 18.2 Å². The third-order valence-corrected chi connectivity index (χ3v) is 24.3. The van der Waals surface area contributed by atoms with Crippen LogP contribution in [0.3, 0.4) is 0 Å². The molecule has 10 saturated heterocycles. The third kappa shape index (κ3) is 36.5. The van der Waals surface area contributed by atoms with Gasteiger partial charge in [-0.25, -0.2) is 0 Å². The summed E-state index contributed by atoms with van der Waals surface area (Å²) in [5.41, 5.74) is 25.3. The maximum Gasteiger partial charge on any atom is 0.306 e. The summed E-state index contributed by atoms with van der Waals surface area (Å²) in [6.07, 6.45) is 18.5. The quantitative estimate of drug-likeness (QED) is 0.0120. The van der Waals surface area contributed by atoms with Gasteiger partial charge in [0.15, 0.2) is 0 Å². The number of nitrogens with two attached hydrogens (primary N) is 4. The van der Waals surface area contributed by atoms with Gasteiger partial charge in [0.25, 0.3) is 17.7 Å². The molecule has 13 rings (SSSR count). The van der Waals surface area contributed by atoms with Gasteiger partial charge in [0.2, 0.25) is 0 Å². The highest BCUT2D eigenvalue weighted by atomic mass is 35.5. The Morgan fingerprint density at radius 2 is 0.659 bits per heavy atom. The van der Waals surface area contributed by atoms with Gasteiger partial charge in [-0.2, -0.15) is 0 Å². The Morgan fingerprint density at radius 1 is 0.374 bits per heavy atom. The zero-order valence-corrected chi connectivity index (χ0v) is 75.9. The molecule has 0 aliphatic carbocycles. The molecule has 11 N–H and O–H groups in total. The van der Waals surface area contributed by atoms with Crippen molar-refractivity contribution in [2.45, 2.75) is 200 Å². The number of nitrogen functional groups attached to an aromatic ring is 3. The number of benzene rings is 3. The molecule has 3 aromatic rings. The molecular weight excluding hydrogens is 1650 g/mol. The lowest BCUT2D eigenvalue weighted by Gasteiger charge is -2.43. The molecule has 0 radical (unpaired) electrons. The Balaban J connectivity index is 0.000000209. The number of morpholine rings is 4. The van der Waals surface area contributed by atoms with Gasteiger partial charge in [-0.05, 0) is 194 Å². The predicted molar refractivity (Wildman–Crippen MR) is 477 cm³/mol. The minimum Gasteiger partial charge on any atom is -0.493 e. The molecule has 10 aliphatic heterocycles. The fraction of sp³-hybridized carbons (Fsp3) is 0.719. The predicted octanol–water partition coefficient (Wildman–Crippen LogP) is 9.54. The first-order valence-corrected chi connectivity index (χ1v) is 46.4. The van der Waals surface area contributed by atoms with E-state index in [1.807, 2.05) is 34.6 Å². The van der Waals surface area contributed by atoms with E-state index in [-0.39, 0.29) is 78.2 Å². The lowest BCUT2D eigenvalue weighted by atomic mass is 9.86. The summed E-state index contributed by atoms with van der Waals surface area (Å²) in [6, 6.07) is 9.34. The summed E-state index contributed by atoms with van der Waals surface area (Å²) in [5, 5.41) is 9.76. The number of carbonyl (C=O) groups excluding carboxylic acids is 7. The van der Waals surface area contributed by atoms with Gasteiger partial charge in [-0.3, -0.25) is 63.0 Å². The second-order valence-electron chi connectivity index (χ2n) is 32.6. The zero-order valence-electron chi connectivity index (χ0n) is 73.6. The molecule has 10 heterocycles. The van der Waals surface area contributed by atoms with Crippen LogP contribution in [0.25, 0.3) is 0 Å². The van der Waals surface area contributed by atoms with E-state index in [0.29, 0.717) is 183 Å². The summed E-state index contributed by atoms with van der Waals surface area (Å²) >= 11 is 18.3. The van der Waals surface area contributed by atoms with Gasteiger partial charge in [0.1, 0.15) is 29.5 Å². The number of carbonyl (C=O) groups is 7. The largest absolute Gasteiger partial charge is 0.493 e. The number of hydrogen-bond acceptors (Lipinski definition) is 28. The van der Waals surface area contributed by atoms with Crippen LogP contribution in [0.2, 0.25) is 15.1 Å². The van der Waals surface area contributed by atoms with Crippen LogP contribution in [0.1, 0.15) is 194 Å². The van der Waals surface area contributed by atoms with E-state index in [0.717, 1.165) is 227 Å². The number of nitrogens with one attached hydrogen (secondary N) is 3. The standard InChI is InChI=1S/2C27H41ClN4O5.C22H34ClN3O5.C13H26N2O3/c2*1-2-35-24-15-23(29)22(28)14-21(24)27(34)30-16-20-17-31(12-13-36-20)9-5-3-4-6-26(33)37-25-18-32-10-7-19(25)8-11-32;1-3-29-20-13-19(24)18(23)12-17(20)22(28)25-14-16-15-26(10-11-31-16)9-7-5-6-8-21(27)30-4-2;1-2-17-13(16)6-4-3-5-7-15-8-9-18-12(10-14)11-15/h2*14-15,19-20,25H,2-13,16-18,29H2,1H3,(H,30,34);12-13,16H,3-11,14-15,24H2,1-2H3,(H,25,28);12H,2-11,14H2,1H3/t20-,25?;20-,25-;16-;12-/m0000/s1. The molecule has 34 heteroatoms. The van der Waals surface area contributed by atoms with E-state index < -0.39 is 0 Å². The fourth-order valence-corrected chi connectivity index (χ4v) is 17.0. The zero-order chi connectivity index (χ0) is 88.3. The molecule has 123 heavy (non-hydrogen) atoms. The molecule has 4 bridgehead atoms. The Bertz CT molecular complexity index is 3550. The van der Waals surface area contributed by atoms with E-state index in [1.54, 1.807) is 18.2 Å². The van der Waals surface area contributed by atoms with Crippen LogP contribution in [0.5, 0.6) is 17.2 Å². The van der Waals surface area contributed by atoms with Crippen molar-refractivity contribution in [1.29, 1.82) is 0 Å². The fourth-order valence-electron chi connectivity index (χ4n) is 16.6. The maximum absolute atomic E-state index is 12.8. The Morgan fingerprint density at radius 3 is 0.927 bits per heavy atom. The molecule has 0 aromatic heterocycles. The molecular formula is C89H142Cl3N13O18. The average molecular weight is 1790 g/mol. The molecule has 692 valence electrons. The van der Waals surface area contributed by atoms with E-state index in [9.17, 15) is 33.6 Å². The van der Waals surface area contributed by atoms with Gasteiger partial charge in [0, 0.05) is 136 Å². The molecule has 1 unspecified atom stereocenters. The third-order valence-electron chi connectivity index (χ3n) is 23.3. The molecule has 0 saturated carbocycles. The van der Waals surface area contributed by atoms with E-state index >= 15 is 0 Å². The smallest absolute Gasteiger partial charge is 0.306 e. The number of nitrogens with zero attached hydrogens (tertiary/aromatic N) is 6. The van der Waals surface area contributed by atoms with Crippen molar-refractivity contribution in [2.75, 3.05) is 221 Å². The second kappa shape index (κ2) is 56.4. The molecule has 0 spiro atoms. The van der Waals surface area contributed by atoms with Crippen LogP contribution in [-0.4, -0.2) is 311 Å². The van der Waals surface area contributed by atoms with Gasteiger partial charge >= 0.3 is 23.9 Å². The number of halogens is 3.